The van der Waals surface area contributed by atoms with Crippen molar-refractivity contribution in [1.29, 1.82) is 0 Å². The number of aliphatic hydroxyl groups excluding tert-OH is 5. The number of phosphoric acid groups is 1. The van der Waals surface area contributed by atoms with E-state index in [9.17, 15) is 44.6 Å². The Hall–Kier alpha value is -2.19. The first-order chi connectivity index (χ1) is 26.4. The molecule has 0 aromatic heterocycles. The van der Waals surface area contributed by atoms with Crippen LogP contribution in [0.2, 0.25) is 0 Å². The van der Waals surface area contributed by atoms with Crippen molar-refractivity contribution in [3.05, 3.63) is 48.6 Å². The normalized spacial score (nSPS) is 23.6. The van der Waals surface area contributed by atoms with Crippen molar-refractivity contribution in [1.82, 2.24) is 0 Å². The SMILES string of the molecule is CC/C=C/C=C/C=C/C=C/CCCCCCCC(=O)O[C@H](COC(=O)CCCCCCCCCCCCC)COP(=O)(O)OC1C(O)C(O)C(O)[C@@H](O)C1O. The second-order valence-electron chi connectivity index (χ2n) is 14.2. The molecule has 0 saturated heterocycles. The summed E-state index contributed by atoms with van der Waals surface area (Å²) in [4.78, 5) is 35.5. The molecular weight excluding hydrogens is 731 g/mol. The van der Waals surface area contributed by atoms with Gasteiger partial charge >= 0.3 is 19.8 Å². The smallest absolute Gasteiger partial charge is 0.462 e. The monoisotopic (exact) mass is 802 g/mol. The average Bonchev–Trinajstić information content (AvgIpc) is 3.16. The number of ether oxygens (including phenoxy) is 2. The maximum absolute atomic E-state index is 12.8. The standard InChI is InChI=1S/C41H71O13P/c1-3-5-7-9-11-13-15-16-17-18-20-22-24-26-28-30-35(43)53-33(31-51-34(42)29-27-25-23-21-19-14-12-10-8-6-4-2)32-52-55(49,50)54-41-39(47)37(45)36(44)38(46)40(41)48/h5,7,9,11,13,15-17,33,36-41,44-48H,3-4,6,8,10,12,14,18-32H2,1-2H3,(H,49,50)/b7-5+,11-9+,15-13+,17-16+/t33-,36?,37-,38?,39?,40?,41?/m1/s1. The van der Waals surface area contributed by atoms with Crippen molar-refractivity contribution in [3.8, 4) is 0 Å². The van der Waals surface area contributed by atoms with Gasteiger partial charge in [0, 0.05) is 12.8 Å². The molecule has 14 heteroatoms. The lowest BCUT2D eigenvalue weighted by Gasteiger charge is -2.41. The van der Waals surface area contributed by atoms with Gasteiger partial charge in [-0.25, -0.2) is 4.57 Å². The molecule has 0 aliphatic heterocycles. The quantitative estimate of drug-likeness (QED) is 0.0179. The zero-order chi connectivity index (χ0) is 40.7. The molecule has 1 aliphatic carbocycles. The van der Waals surface area contributed by atoms with E-state index < -0.39 is 75.7 Å². The summed E-state index contributed by atoms with van der Waals surface area (Å²) in [5.74, 6) is -1.13. The zero-order valence-electron chi connectivity index (χ0n) is 33.2. The predicted molar refractivity (Wildman–Crippen MR) is 212 cm³/mol. The molecule has 1 saturated carbocycles. The molecule has 55 heavy (non-hydrogen) atoms. The van der Waals surface area contributed by atoms with Gasteiger partial charge in [-0.3, -0.25) is 18.6 Å². The minimum atomic E-state index is -5.12. The molecule has 0 bridgehead atoms. The Kier molecular flexibility index (Phi) is 29.4. The van der Waals surface area contributed by atoms with Gasteiger partial charge < -0.3 is 39.9 Å². The van der Waals surface area contributed by atoms with E-state index in [4.69, 9.17) is 18.5 Å². The van der Waals surface area contributed by atoms with E-state index >= 15 is 0 Å². The number of hydrogen-bond donors (Lipinski definition) is 6. The predicted octanol–water partition coefficient (Wildman–Crippen LogP) is 6.83. The number of esters is 2. The molecule has 0 spiro atoms. The van der Waals surface area contributed by atoms with Crippen molar-refractivity contribution in [2.24, 2.45) is 0 Å². The molecule has 13 nitrogen and oxygen atoms in total. The summed E-state index contributed by atoms with van der Waals surface area (Å²) in [6.45, 7) is 3.10. The highest BCUT2D eigenvalue weighted by atomic mass is 31.2. The molecule has 0 aromatic carbocycles. The van der Waals surface area contributed by atoms with Gasteiger partial charge in [0.15, 0.2) is 6.10 Å². The molecule has 0 heterocycles. The first-order valence-electron chi connectivity index (χ1n) is 20.5. The number of aliphatic hydroxyl groups is 5. The van der Waals surface area contributed by atoms with Crippen LogP contribution < -0.4 is 0 Å². The Morgan fingerprint density at radius 2 is 1.04 bits per heavy atom. The van der Waals surface area contributed by atoms with E-state index in [0.29, 0.717) is 12.8 Å². The molecule has 0 radical (unpaired) electrons. The number of phosphoric ester groups is 1. The third kappa shape index (κ3) is 24.9. The maximum Gasteiger partial charge on any atom is 0.472 e. The van der Waals surface area contributed by atoms with E-state index in [0.717, 1.165) is 57.8 Å². The molecule has 6 N–H and O–H groups in total. The third-order valence-corrected chi connectivity index (χ3v) is 10.3. The van der Waals surface area contributed by atoms with Gasteiger partial charge in [-0.1, -0.05) is 146 Å². The second kappa shape index (κ2) is 31.8. The highest BCUT2D eigenvalue weighted by Crippen LogP contribution is 2.47. The summed E-state index contributed by atoms with van der Waals surface area (Å²) in [5.41, 5.74) is 0. The lowest BCUT2D eigenvalue weighted by molar-refractivity contribution is -0.220. The fourth-order valence-electron chi connectivity index (χ4n) is 5.94. The fourth-order valence-corrected chi connectivity index (χ4v) is 6.92. The minimum absolute atomic E-state index is 0.0701. The van der Waals surface area contributed by atoms with Crippen molar-refractivity contribution < 1.29 is 63.1 Å². The topological polar surface area (TPSA) is 210 Å². The molecule has 1 aliphatic rings. The highest BCUT2D eigenvalue weighted by Gasteiger charge is 2.51. The number of carbonyl (C=O) groups excluding carboxylic acids is 2. The molecule has 8 atom stereocenters. The molecule has 0 amide bonds. The first kappa shape index (κ1) is 50.8. The second-order valence-corrected chi connectivity index (χ2v) is 15.6. The summed E-state index contributed by atoms with van der Waals surface area (Å²) in [6.07, 6.45) is 21.8. The van der Waals surface area contributed by atoms with Crippen LogP contribution in [-0.4, -0.2) is 98.3 Å². The Balaban J connectivity index is 2.54. The molecule has 0 aromatic rings. The van der Waals surface area contributed by atoms with Crippen LogP contribution in [0.1, 0.15) is 142 Å². The maximum atomic E-state index is 12.8. The van der Waals surface area contributed by atoms with Crippen molar-refractivity contribution in [2.45, 2.75) is 185 Å². The van der Waals surface area contributed by atoms with Crippen LogP contribution in [-0.2, 0) is 32.7 Å². The Morgan fingerprint density at radius 1 is 0.582 bits per heavy atom. The number of carbonyl (C=O) groups is 2. The van der Waals surface area contributed by atoms with Gasteiger partial charge in [0.25, 0.3) is 0 Å². The van der Waals surface area contributed by atoms with Gasteiger partial charge in [0.05, 0.1) is 6.61 Å². The van der Waals surface area contributed by atoms with Crippen molar-refractivity contribution in [2.75, 3.05) is 13.2 Å². The van der Waals surface area contributed by atoms with Gasteiger partial charge in [0.2, 0.25) is 0 Å². The fraction of sp³-hybridized carbons (Fsp3) is 0.756. The molecule has 6 unspecified atom stereocenters. The van der Waals surface area contributed by atoms with E-state index in [1.54, 1.807) is 0 Å². The van der Waals surface area contributed by atoms with Gasteiger partial charge in [-0.05, 0) is 32.1 Å². The molecule has 318 valence electrons. The van der Waals surface area contributed by atoms with Crippen LogP contribution in [0, 0.1) is 0 Å². The van der Waals surface area contributed by atoms with Crippen molar-refractivity contribution in [3.63, 3.8) is 0 Å². The average molecular weight is 803 g/mol. The number of rotatable bonds is 32. The minimum Gasteiger partial charge on any atom is -0.462 e. The van der Waals surface area contributed by atoms with Gasteiger partial charge in [-0.2, -0.15) is 0 Å². The summed E-state index contributed by atoms with van der Waals surface area (Å²) >= 11 is 0. The van der Waals surface area contributed by atoms with Crippen LogP contribution in [0.4, 0.5) is 0 Å². The molecule has 1 fully saturated rings. The zero-order valence-corrected chi connectivity index (χ0v) is 34.1. The Labute approximate surface area is 329 Å². The summed E-state index contributed by atoms with van der Waals surface area (Å²) < 4.78 is 33.4. The largest absolute Gasteiger partial charge is 0.472 e. The number of allylic oxidation sites excluding steroid dienone is 8. The molecule has 1 rings (SSSR count). The lowest BCUT2D eigenvalue weighted by Crippen LogP contribution is -2.64. The van der Waals surface area contributed by atoms with E-state index in [1.165, 1.54) is 44.9 Å². The summed E-state index contributed by atoms with van der Waals surface area (Å²) in [7, 11) is -5.12. The van der Waals surface area contributed by atoms with E-state index in [2.05, 4.69) is 26.0 Å². The van der Waals surface area contributed by atoms with Crippen LogP contribution in [0.25, 0.3) is 0 Å². The lowest BCUT2D eigenvalue weighted by atomic mass is 9.85. The van der Waals surface area contributed by atoms with E-state index in [1.807, 2.05) is 36.5 Å². The van der Waals surface area contributed by atoms with Crippen LogP contribution in [0.5, 0.6) is 0 Å². The van der Waals surface area contributed by atoms with Crippen LogP contribution in [0.15, 0.2) is 48.6 Å². The van der Waals surface area contributed by atoms with Crippen LogP contribution >= 0.6 is 7.82 Å². The van der Waals surface area contributed by atoms with Crippen molar-refractivity contribution >= 4 is 19.8 Å². The highest BCUT2D eigenvalue weighted by molar-refractivity contribution is 7.47. The first-order valence-corrected chi connectivity index (χ1v) is 22.0. The summed E-state index contributed by atoms with van der Waals surface area (Å²) in [5, 5.41) is 50.0. The van der Waals surface area contributed by atoms with Gasteiger partial charge in [-0.15, -0.1) is 0 Å². The van der Waals surface area contributed by atoms with E-state index in [-0.39, 0.29) is 12.8 Å². The third-order valence-electron chi connectivity index (χ3n) is 9.28. The van der Waals surface area contributed by atoms with Gasteiger partial charge in [0.1, 0.15) is 43.2 Å². The Morgan fingerprint density at radius 3 is 1.58 bits per heavy atom. The summed E-state index contributed by atoms with van der Waals surface area (Å²) in [6, 6.07) is 0. The molecular formula is C41H71O13P. The van der Waals surface area contributed by atoms with Crippen LogP contribution in [0.3, 0.4) is 0 Å². The number of hydrogen-bond acceptors (Lipinski definition) is 12. The number of unbranched alkanes of at least 4 members (excludes halogenated alkanes) is 15. The Bertz CT molecular complexity index is 1160.